The van der Waals surface area contributed by atoms with E-state index in [0.29, 0.717) is 62.6 Å². The molecule has 2 saturated heterocycles. The number of aromatic nitrogens is 3. The normalized spacial score (nSPS) is 22.8. The lowest BCUT2D eigenvalue weighted by Gasteiger charge is -2.38. The molecule has 0 saturated carbocycles. The van der Waals surface area contributed by atoms with Gasteiger partial charge in [0.25, 0.3) is 0 Å². The van der Waals surface area contributed by atoms with Gasteiger partial charge in [-0.15, -0.1) is 0 Å². The Kier molecular flexibility index (Phi) is 8.78. The molecule has 0 unspecified atom stereocenters. The Morgan fingerprint density at radius 1 is 0.878 bits per heavy atom. The number of phenols is 1. The minimum absolute atomic E-state index is 0.0293. The molecule has 2 aliphatic heterocycles. The number of benzene rings is 2. The average Bonchev–Trinajstić information content (AvgIpc) is 2.96. The van der Waals surface area contributed by atoms with Crippen molar-refractivity contribution in [3.05, 3.63) is 54.1 Å². The number of carbonyl (C=O) groups excluding carboxylic acids is 1. The van der Waals surface area contributed by atoms with Crippen LogP contribution in [0.2, 0.25) is 0 Å². The number of para-hydroxylation sites is 1. The van der Waals surface area contributed by atoms with Crippen LogP contribution in [0.5, 0.6) is 11.5 Å². The van der Waals surface area contributed by atoms with E-state index in [0.717, 1.165) is 12.8 Å². The van der Waals surface area contributed by atoms with Crippen LogP contribution >= 0.6 is 0 Å². The highest BCUT2D eigenvalue weighted by Crippen LogP contribution is 2.29. The zero-order chi connectivity index (χ0) is 28.9. The average molecular weight is 563 g/mol. The van der Waals surface area contributed by atoms with Gasteiger partial charge in [-0.25, -0.2) is 4.79 Å². The first-order valence-electron chi connectivity index (χ1n) is 13.9. The van der Waals surface area contributed by atoms with Gasteiger partial charge in [0.05, 0.1) is 0 Å². The van der Waals surface area contributed by atoms with E-state index < -0.39 is 5.97 Å². The molecular formula is C28H38N10O3. The largest absolute Gasteiger partial charge is 0.507 e. The molecule has 1 aromatic heterocycles. The molecule has 10 N–H and O–H groups in total. The fourth-order valence-corrected chi connectivity index (χ4v) is 5.42. The van der Waals surface area contributed by atoms with E-state index in [1.165, 1.54) is 12.1 Å². The van der Waals surface area contributed by atoms with Crippen LogP contribution in [0.1, 0.15) is 23.2 Å². The predicted molar refractivity (Wildman–Crippen MR) is 157 cm³/mol. The second-order valence-electron chi connectivity index (χ2n) is 10.8. The summed E-state index contributed by atoms with van der Waals surface area (Å²) in [5.74, 6) is 1.23. The quantitative estimate of drug-likeness (QED) is 0.166. The maximum Gasteiger partial charge on any atom is 0.347 e. The highest BCUT2D eigenvalue weighted by atomic mass is 16.5. The van der Waals surface area contributed by atoms with Crippen molar-refractivity contribution in [1.82, 2.24) is 15.0 Å². The predicted octanol–water partition coefficient (Wildman–Crippen LogP) is 0.765. The number of nitrogens with two attached hydrogens (primary N) is 4. The number of carbonyl (C=O) groups is 1. The van der Waals surface area contributed by atoms with Gasteiger partial charge in [0.2, 0.25) is 17.8 Å². The van der Waals surface area contributed by atoms with E-state index in [4.69, 9.17) is 37.6 Å². The Hall–Kier alpha value is -4.04. The van der Waals surface area contributed by atoms with Crippen molar-refractivity contribution in [3.8, 4) is 11.5 Å². The first kappa shape index (κ1) is 28.5. The Labute approximate surface area is 238 Å². The summed E-state index contributed by atoms with van der Waals surface area (Å²) in [6.07, 6.45) is 1.68. The van der Waals surface area contributed by atoms with Gasteiger partial charge in [-0.3, -0.25) is 0 Å². The summed E-state index contributed by atoms with van der Waals surface area (Å²) in [7, 11) is 0. The molecule has 0 spiro atoms. The zero-order valence-corrected chi connectivity index (χ0v) is 22.9. The van der Waals surface area contributed by atoms with Gasteiger partial charge in [0.15, 0.2) is 0 Å². The molecule has 3 aromatic rings. The summed E-state index contributed by atoms with van der Waals surface area (Å²) in [5.41, 5.74) is 25.1. The Morgan fingerprint density at radius 2 is 1.49 bits per heavy atom. The van der Waals surface area contributed by atoms with Crippen molar-refractivity contribution in [2.45, 2.75) is 24.9 Å². The molecular weight excluding hydrogens is 524 g/mol. The topological polar surface area (TPSA) is 208 Å². The molecule has 2 fully saturated rings. The third-order valence-corrected chi connectivity index (χ3v) is 7.41. The van der Waals surface area contributed by atoms with E-state index in [-0.39, 0.29) is 41.2 Å². The number of ether oxygens (including phenoxy) is 1. The molecule has 218 valence electrons. The molecule has 0 bridgehead atoms. The summed E-state index contributed by atoms with van der Waals surface area (Å²) >= 11 is 0. The summed E-state index contributed by atoms with van der Waals surface area (Å²) < 4.78 is 5.36. The Bertz CT molecular complexity index is 1320. The van der Waals surface area contributed by atoms with Crippen molar-refractivity contribution in [3.63, 3.8) is 0 Å². The molecule has 4 atom stereocenters. The monoisotopic (exact) mass is 562 g/mol. The maximum atomic E-state index is 12.6. The molecule has 0 radical (unpaired) electrons. The molecule has 2 aromatic carbocycles. The van der Waals surface area contributed by atoms with Crippen molar-refractivity contribution in [2.75, 3.05) is 54.4 Å². The van der Waals surface area contributed by atoms with Crippen LogP contribution in [0.15, 0.2) is 48.5 Å². The van der Waals surface area contributed by atoms with Crippen molar-refractivity contribution in [2.24, 2.45) is 34.8 Å². The lowest BCUT2D eigenvalue weighted by molar-refractivity contribution is 0.0731. The number of hydrogen-bond donors (Lipinski definition) is 6. The third kappa shape index (κ3) is 7.00. The SMILES string of the molecule is NC[C@@H]1C[C@H](CN)CN(c2nc(Nc3ccc(C(=O)Oc4ccccc4)c(O)c3)nc(N3C[C@H](N)C[C@H](N)C3)n2)C1. The standard InChI is InChI=1S/C28H38N10O3/c29-11-17-8-18(12-30)14-37(13-17)27-34-26(35-28(36-27)38-15-19(31)9-20(32)16-38)33-21-6-7-23(24(39)10-21)25(40)41-22-4-2-1-3-5-22/h1-7,10,17-20,39H,8-9,11-16,29-32H2,(H,33,34,35,36)/t17-,18+,19-,20+. The van der Waals surface area contributed by atoms with E-state index >= 15 is 0 Å². The maximum absolute atomic E-state index is 12.6. The van der Waals surface area contributed by atoms with E-state index in [9.17, 15) is 9.90 Å². The van der Waals surface area contributed by atoms with Gasteiger partial charge in [-0.05, 0) is 62.0 Å². The third-order valence-electron chi connectivity index (χ3n) is 7.41. The van der Waals surface area contributed by atoms with Crippen molar-refractivity contribution >= 4 is 29.5 Å². The molecule has 0 amide bonds. The van der Waals surface area contributed by atoms with Crippen LogP contribution in [-0.4, -0.2) is 77.4 Å². The lowest BCUT2D eigenvalue weighted by atomic mass is 9.89. The van der Waals surface area contributed by atoms with Gasteiger partial charge in [0.1, 0.15) is 17.1 Å². The first-order chi connectivity index (χ1) is 19.8. The summed E-state index contributed by atoms with van der Waals surface area (Å²) in [5, 5.41) is 13.8. The highest BCUT2D eigenvalue weighted by Gasteiger charge is 2.30. The summed E-state index contributed by atoms with van der Waals surface area (Å²) in [6.45, 7) is 3.62. The number of rotatable bonds is 8. The van der Waals surface area contributed by atoms with Crippen LogP contribution in [0.4, 0.5) is 23.5 Å². The second kappa shape index (κ2) is 12.6. The summed E-state index contributed by atoms with van der Waals surface area (Å²) in [6, 6.07) is 13.0. The van der Waals surface area contributed by atoms with E-state index in [2.05, 4.69) is 15.2 Å². The smallest absolute Gasteiger partial charge is 0.347 e. The fourth-order valence-electron chi connectivity index (χ4n) is 5.42. The first-order valence-corrected chi connectivity index (χ1v) is 13.9. The number of nitrogens with one attached hydrogen (secondary N) is 1. The molecule has 0 aliphatic carbocycles. The van der Waals surface area contributed by atoms with Crippen LogP contribution in [0, 0.1) is 11.8 Å². The molecule has 5 rings (SSSR count). The van der Waals surface area contributed by atoms with Crippen LogP contribution in [0.3, 0.4) is 0 Å². The molecule has 13 nitrogen and oxygen atoms in total. The molecule has 13 heteroatoms. The van der Waals surface area contributed by atoms with Gasteiger partial charge >= 0.3 is 5.97 Å². The number of phenolic OH excluding ortho intramolecular Hbond substituents is 1. The van der Waals surface area contributed by atoms with E-state index in [1.54, 1.807) is 30.3 Å². The molecule has 41 heavy (non-hydrogen) atoms. The second-order valence-corrected chi connectivity index (χ2v) is 10.8. The number of hydrogen-bond acceptors (Lipinski definition) is 13. The number of piperidine rings is 2. The zero-order valence-electron chi connectivity index (χ0n) is 22.9. The van der Waals surface area contributed by atoms with Gasteiger partial charge in [-0.1, -0.05) is 18.2 Å². The minimum atomic E-state index is -0.670. The van der Waals surface area contributed by atoms with Gasteiger partial charge in [0, 0.05) is 50.0 Å². The number of aromatic hydroxyl groups is 1. The van der Waals surface area contributed by atoms with Gasteiger partial charge < -0.3 is 47.9 Å². The number of esters is 1. The van der Waals surface area contributed by atoms with Crippen molar-refractivity contribution in [1.29, 1.82) is 0 Å². The van der Waals surface area contributed by atoms with Crippen molar-refractivity contribution < 1.29 is 14.6 Å². The van der Waals surface area contributed by atoms with Crippen LogP contribution in [0.25, 0.3) is 0 Å². The molecule has 2 aliphatic rings. The Morgan fingerprint density at radius 3 is 2.07 bits per heavy atom. The Balaban J connectivity index is 1.42. The minimum Gasteiger partial charge on any atom is -0.507 e. The van der Waals surface area contributed by atoms with Crippen LogP contribution < -0.4 is 42.8 Å². The number of nitrogens with zero attached hydrogens (tertiary/aromatic N) is 5. The highest BCUT2D eigenvalue weighted by molar-refractivity contribution is 5.94. The fraction of sp³-hybridized carbons (Fsp3) is 0.429. The summed E-state index contributed by atoms with van der Waals surface area (Å²) in [4.78, 5) is 30.9. The van der Waals surface area contributed by atoms with Crippen LogP contribution in [-0.2, 0) is 0 Å². The van der Waals surface area contributed by atoms with Gasteiger partial charge in [-0.2, -0.15) is 15.0 Å². The molecule has 3 heterocycles. The lowest BCUT2D eigenvalue weighted by Crippen LogP contribution is -2.53. The van der Waals surface area contributed by atoms with E-state index in [1.807, 2.05) is 11.0 Å². The number of anilines is 4.